The zero-order valence-corrected chi connectivity index (χ0v) is 15.5. The molecule has 0 aliphatic rings. The van der Waals surface area contributed by atoms with Crippen LogP contribution in [-0.4, -0.2) is 15.7 Å². The lowest BCUT2D eigenvalue weighted by molar-refractivity contribution is 0.102. The van der Waals surface area contributed by atoms with Crippen LogP contribution in [0.3, 0.4) is 0 Å². The van der Waals surface area contributed by atoms with E-state index in [4.69, 9.17) is 11.6 Å². The first-order valence-corrected chi connectivity index (χ1v) is 8.86. The fourth-order valence-electron chi connectivity index (χ4n) is 2.89. The molecule has 0 atom stereocenters. The lowest BCUT2D eigenvalue weighted by Crippen LogP contribution is -2.26. The molecular weight excluding hydrogens is 400 g/mol. The highest BCUT2D eigenvalue weighted by atomic mass is 35.5. The maximum atomic E-state index is 13.9. The van der Waals surface area contributed by atoms with Gasteiger partial charge in [-0.1, -0.05) is 29.8 Å². The van der Waals surface area contributed by atoms with Crippen LogP contribution in [0.1, 0.15) is 10.5 Å². The number of hydrogen-bond donors (Lipinski definition) is 1. The maximum Gasteiger partial charge on any atom is 0.279 e. The van der Waals surface area contributed by atoms with Crippen molar-refractivity contribution in [3.63, 3.8) is 0 Å². The van der Waals surface area contributed by atoms with Gasteiger partial charge in [-0.3, -0.25) is 9.59 Å². The van der Waals surface area contributed by atoms with Gasteiger partial charge >= 0.3 is 0 Å². The molecule has 4 rings (SSSR count). The summed E-state index contributed by atoms with van der Waals surface area (Å²) in [7, 11) is 0. The van der Waals surface area contributed by atoms with Crippen LogP contribution in [0.4, 0.5) is 14.5 Å². The molecule has 0 fully saturated rings. The van der Waals surface area contributed by atoms with Gasteiger partial charge in [0.05, 0.1) is 16.8 Å². The van der Waals surface area contributed by atoms with E-state index in [-0.39, 0.29) is 16.8 Å². The fourth-order valence-corrected chi connectivity index (χ4v) is 3.01. The maximum absolute atomic E-state index is 13.9. The zero-order valence-electron chi connectivity index (χ0n) is 14.7. The van der Waals surface area contributed by atoms with Gasteiger partial charge < -0.3 is 5.32 Å². The van der Waals surface area contributed by atoms with Crippen LogP contribution in [0.25, 0.3) is 16.5 Å². The summed E-state index contributed by atoms with van der Waals surface area (Å²) in [6, 6.07) is 15.6. The molecule has 8 heteroatoms. The summed E-state index contributed by atoms with van der Waals surface area (Å²) in [4.78, 5) is 25.7. The van der Waals surface area contributed by atoms with Gasteiger partial charge in [-0.25, -0.2) is 8.78 Å². The number of nitrogens with one attached hydrogen (secondary N) is 1. The topological polar surface area (TPSA) is 64.0 Å². The second-order valence-corrected chi connectivity index (χ2v) is 6.60. The molecule has 29 heavy (non-hydrogen) atoms. The van der Waals surface area contributed by atoms with Crippen molar-refractivity contribution in [1.82, 2.24) is 9.78 Å². The molecule has 0 saturated heterocycles. The molecule has 3 aromatic carbocycles. The second kappa shape index (κ2) is 7.44. The largest absolute Gasteiger partial charge is 0.318 e. The van der Waals surface area contributed by atoms with Crippen molar-refractivity contribution in [2.24, 2.45) is 0 Å². The minimum Gasteiger partial charge on any atom is -0.318 e. The highest BCUT2D eigenvalue weighted by Crippen LogP contribution is 2.20. The first-order valence-electron chi connectivity index (χ1n) is 8.48. The standard InChI is InChI=1S/C21H12ClF2N3O2/c22-12-5-8-14(9-6-12)27-21(29)16-4-2-1-3-15(16)19(26-27)20(28)25-18-10-7-13(23)11-17(18)24/h1-11H,(H,25,28). The molecule has 0 aliphatic heterocycles. The van der Waals surface area contributed by atoms with Crippen molar-refractivity contribution in [3.05, 3.63) is 99.4 Å². The van der Waals surface area contributed by atoms with E-state index in [2.05, 4.69) is 10.4 Å². The Hall–Kier alpha value is -3.58. The molecule has 1 aromatic heterocycles. The van der Waals surface area contributed by atoms with E-state index in [0.29, 0.717) is 22.2 Å². The number of anilines is 1. The summed E-state index contributed by atoms with van der Waals surface area (Å²) < 4.78 is 28.1. The van der Waals surface area contributed by atoms with E-state index < -0.39 is 23.1 Å². The Labute approximate surface area is 168 Å². The van der Waals surface area contributed by atoms with Gasteiger partial charge in [0.1, 0.15) is 11.6 Å². The van der Waals surface area contributed by atoms with Crippen LogP contribution in [0.5, 0.6) is 0 Å². The smallest absolute Gasteiger partial charge is 0.279 e. The molecule has 1 heterocycles. The second-order valence-electron chi connectivity index (χ2n) is 6.17. The number of rotatable bonds is 3. The number of fused-ring (bicyclic) bond motifs is 1. The van der Waals surface area contributed by atoms with Gasteiger partial charge in [0.2, 0.25) is 0 Å². The van der Waals surface area contributed by atoms with Crippen LogP contribution in [-0.2, 0) is 0 Å². The number of carbonyl (C=O) groups is 1. The molecule has 0 aliphatic carbocycles. The summed E-state index contributed by atoms with van der Waals surface area (Å²) in [5.74, 6) is -2.43. The third kappa shape index (κ3) is 3.60. The Morgan fingerprint density at radius 1 is 0.966 bits per heavy atom. The summed E-state index contributed by atoms with van der Waals surface area (Å²) in [6.45, 7) is 0. The summed E-state index contributed by atoms with van der Waals surface area (Å²) in [5, 5.41) is 7.62. The summed E-state index contributed by atoms with van der Waals surface area (Å²) >= 11 is 5.90. The lowest BCUT2D eigenvalue weighted by atomic mass is 10.1. The number of carbonyl (C=O) groups excluding carboxylic acids is 1. The van der Waals surface area contributed by atoms with Crippen molar-refractivity contribution >= 4 is 34.0 Å². The van der Waals surface area contributed by atoms with Crippen LogP contribution in [0, 0.1) is 11.6 Å². The minimum atomic E-state index is -0.923. The molecule has 0 radical (unpaired) electrons. The number of nitrogens with zero attached hydrogens (tertiary/aromatic N) is 2. The molecule has 144 valence electrons. The van der Waals surface area contributed by atoms with E-state index >= 15 is 0 Å². The first-order chi connectivity index (χ1) is 13.9. The zero-order chi connectivity index (χ0) is 20.5. The number of benzene rings is 3. The average Bonchev–Trinajstić information content (AvgIpc) is 2.71. The number of amides is 1. The Bertz CT molecular complexity index is 1300. The number of halogens is 3. The number of hydrogen-bond acceptors (Lipinski definition) is 3. The lowest BCUT2D eigenvalue weighted by Gasteiger charge is -2.12. The molecular formula is C21H12ClF2N3O2. The van der Waals surface area contributed by atoms with Crippen LogP contribution >= 0.6 is 11.6 Å². The van der Waals surface area contributed by atoms with Gasteiger partial charge in [0.15, 0.2) is 5.69 Å². The van der Waals surface area contributed by atoms with Crippen molar-refractivity contribution in [2.75, 3.05) is 5.32 Å². The highest BCUT2D eigenvalue weighted by Gasteiger charge is 2.19. The van der Waals surface area contributed by atoms with E-state index in [0.717, 1.165) is 16.8 Å². The summed E-state index contributed by atoms with van der Waals surface area (Å²) in [5.41, 5.74) is -0.301. The predicted octanol–water partition coefficient (Wildman–Crippen LogP) is 4.57. The molecule has 0 saturated carbocycles. The molecule has 0 unspecified atom stereocenters. The third-order valence-corrected chi connectivity index (χ3v) is 4.52. The predicted molar refractivity (Wildman–Crippen MR) is 107 cm³/mol. The van der Waals surface area contributed by atoms with Gasteiger partial charge in [0, 0.05) is 16.5 Å². The molecule has 5 nitrogen and oxygen atoms in total. The van der Waals surface area contributed by atoms with Crippen molar-refractivity contribution < 1.29 is 13.6 Å². The Kier molecular flexibility index (Phi) is 4.82. The molecule has 1 N–H and O–H groups in total. The Morgan fingerprint density at radius 2 is 1.66 bits per heavy atom. The fraction of sp³-hybridized carbons (Fsp3) is 0. The molecule has 4 aromatic rings. The average molecular weight is 412 g/mol. The Morgan fingerprint density at radius 3 is 2.34 bits per heavy atom. The molecule has 0 bridgehead atoms. The van der Waals surface area contributed by atoms with Gasteiger partial charge in [-0.05, 0) is 42.5 Å². The summed E-state index contributed by atoms with van der Waals surface area (Å²) in [6.07, 6.45) is 0. The Balaban J connectivity index is 1.87. The quantitative estimate of drug-likeness (QED) is 0.537. The van der Waals surface area contributed by atoms with Crippen molar-refractivity contribution in [2.45, 2.75) is 0 Å². The third-order valence-electron chi connectivity index (χ3n) is 4.27. The van der Waals surface area contributed by atoms with Crippen LogP contribution in [0.2, 0.25) is 5.02 Å². The van der Waals surface area contributed by atoms with Crippen LogP contribution in [0.15, 0.2) is 71.5 Å². The normalized spacial score (nSPS) is 10.9. The number of aromatic nitrogens is 2. The van der Waals surface area contributed by atoms with E-state index in [9.17, 15) is 18.4 Å². The van der Waals surface area contributed by atoms with Gasteiger partial charge in [-0.2, -0.15) is 9.78 Å². The SMILES string of the molecule is O=C(Nc1ccc(F)cc1F)c1nn(-c2ccc(Cl)cc2)c(=O)c2ccccc12. The monoisotopic (exact) mass is 411 g/mol. The molecule has 0 spiro atoms. The van der Waals surface area contributed by atoms with E-state index in [1.807, 2.05) is 0 Å². The van der Waals surface area contributed by atoms with Gasteiger partial charge in [0.25, 0.3) is 11.5 Å². The minimum absolute atomic E-state index is 0.0844. The van der Waals surface area contributed by atoms with Crippen LogP contribution < -0.4 is 10.9 Å². The highest BCUT2D eigenvalue weighted by molar-refractivity contribution is 6.30. The van der Waals surface area contributed by atoms with E-state index in [1.165, 1.54) is 0 Å². The van der Waals surface area contributed by atoms with E-state index in [1.54, 1.807) is 48.5 Å². The van der Waals surface area contributed by atoms with Crippen molar-refractivity contribution in [1.29, 1.82) is 0 Å². The van der Waals surface area contributed by atoms with Crippen molar-refractivity contribution in [3.8, 4) is 5.69 Å². The molecule has 1 amide bonds. The van der Waals surface area contributed by atoms with Gasteiger partial charge in [-0.15, -0.1) is 0 Å². The first kappa shape index (κ1) is 18.8.